The van der Waals surface area contributed by atoms with Crippen LogP contribution in [0.25, 0.3) is 0 Å². The first kappa shape index (κ1) is 18.2. The Hall–Kier alpha value is -3.62. The maximum atomic E-state index is 12.7. The van der Waals surface area contributed by atoms with Gasteiger partial charge in [-0.1, -0.05) is 0 Å². The highest BCUT2D eigenvalue weighted by molar-refractivity contribution is 6.09. The number of hydrogen-bond donors (Lipinski definition) is 3. The van der Waals surface area contributed by atoms with Gasteiger partial charge in [0.1, 0.15) is 11.3 Å². The van der Waals surface area contributed by atoms with Crippen molar-refractivity contribution in [3.8, 4) is 5.75 Å². The predicted octanol–water partition coefficient (Wildman–Crippen LogP) is 2.85. The molecule has 2 aromatic carbocycles. The van der Waals surface area contributed by atoms with E-state index in [-0.39, 0.29) is 22.5 Å². The van der Waals surface area contributed by atoms with Crippen molar-refractivity contribution in [1.82, 2.24) is 0 Å². The summed E-state index contributed by atoms with van der Waals surface area (Å²) in [5.74, 6) is -2.36. The van der Waals surface area contributed by atoms with E-state index in [0.29, 0.717) is 5.69 Å². The molecule has 0 aliphatic carbocycles. The summed E-state index contributed by atoms with van der Waals surface area (Å²) in [6.45, 7) is 1.51. The fraction of sp³-hybridized carbons (Fsp3) is 0.222. The third-order valence-electron chi connectivity index (χ3n) is 4.37. The van der Waals surface area contributed by atoms with Crippen molar-refractivity contribution in [2.24, 2.45) is 0 Å². The summed E-state index contributed by atoms with van der Waals surface area (Å²) in [6, 6.07) is 7.76. The van der Waals surface area contributed by atoms with E-state index in [1.165, 1.54) is 24.3 Å². The van der Waals surface area contributed by atoms with E-state index >= 15 is 0 Å². The van der Waals surface area contributed by atoms with Gasteiger partial charge in [-0.2, -0.15) is 0 Å². The van der Waals surface area contributed by atoms with E-state index in [1.54, 1.807) is 6.07 Å². The normalized spacial score (nSPS) is 13.4. The first-order valence-corrected chi connectivity index (χ1v) is 8.28. The number of aromatic hydroxyl groups is 1. The lowest BCUT2D eigenvalue weighted by Crippen LogP contribution is -2.23. The molecule has 9 heteroatoms. The number of nitrogens with zero attached hydrogens (tertiary/aromatic N) is 2. The summed E-state index contributed by atoms with van der Waals surface area (Å²) in [5.41, 5.74) is 0.435. The van der Waals surface area contributed by atoms with Crippen molar-refractivity contribution in [1.29, 1.82) is 0 Å². The Morgan fingerprint density at radius 1 is 1.07 bits per heavy atom. The molecule has 1 heterocycles. The topological polar surface area (TPSA) is 133 Å². The van der Waals surface area contributed by atoms with Crippen molar-refractivity contribution in [2.75, 3.05) is 23.3 Å². The summed E-state index contributed by atoms with van der Waals surface area (Å²) < 4.78 is 0. The van der Waals surface area contributed by atoms with E-state index in [9.17, 15) is 24.8 Å². The number of rotatable bonds is 5. The van der Waals surface area contributed by atoms with Crippen LogP contribution in [0, 0.1) is 10.1 Å². The molecule has 0 saturated carbocycles. The molecule has 27 heavy (non-hydrogen) atoms. The van der Waals surface area contributed by atoms with Gasteiger partial charge in [-0.05, 0) is 31.0 Å². The molecule has 3 N–H and O–H groups in total. The largest absolute Gasteiger partial charge is 0.507 e. The summed E-state index contributed by atoms with van der Waals surface area (Å²) in [6.07, 6.45) is 1.95. The smallest absolute Gasteiger partial charge is 0.339 e. The Morgan fingerprint density at radius 3 is 2.37 bits per heavy atom. The number of anilines is 2. The van der Waals surface area contributed by atoms with Gasteiger partial charge in [0.2, 0.25) is 0 Å². The number of non-ortho nitro benzene ring substituents is 1. The van der Waals surface area contributed by atoms with Gasteiger partial charge in [-0.15, -0.1) is 0 Å². The zero-order chi connectivity index (χ0) is 19.6. The highest BCUT2D eigenvalue weighted by atomic mass is 16.6. The number of carboxylic acid groups (broad SMARTS) is 1. The Bertz CT molecular complexity index is 921. The number of nitro benzene ring substituents is 1. The molecule has 140 valence electrons. The maximum absolute atomic E-state index is 12.7. The first-order valence-electron chi connectivity index (χ1n) is 8.28. The van der Waals surface area contributed by atoms with Crippen LogP contribution in [0.1, 0.15) is 33.6 Å². The third kappa shape index (κ3) is 3.81. The van der Waals surface area contributed by atoms with Gasteiger partial charge in [0.25, 0.3) is 11.6 Å². The van der Waals surface area contributed by atoms with Crippen LogP contribution in [0.15, 0.2) is 36.4 Å². The van der Waals surface area contributed by atoms with E-state index in [4.69, 9.17) is 5.11 Å². The first-order chi connectivity index (χ1) is 12.9. The van der Waals surface area contributed by atoms with Crippen molar-refractivity contribution >= 4 is 28.9 Å². The quantitative estimate of drug-likeness (QED) is 0.543. The van der Waals surface area contributed by atoms with Crippen LogP contribution in [-0.4, -0.2) is 40.1 Å². The van der Waals surface area contributed by atoms with E-state index < -0.39 is 22.5 Å². The summed E-state index contributed by atoms with van der Waals surface area (Å²) in [5, 5.41) is 32.3. The molecule has 1 aliphatic heterocycles. The predicted molar refractivity (Wildman–Crippen MR) is 97.6 cm³/mol. The Morgan fingerprint density at radius 2 is 1.78 bits per heavy atom. The van der Waals surface area contributed by atoms with Crippen LogP contribution in [-0.2, 0) is 0 Å². The molecule has 2 aromatic rings. The second-order valence-electron chi connectivity index (χ2n) is 6.14. The molecule has 1 fully saturated rings. The van der Waals surface area contributed by atoms with E-state index in [2.05, 4.69) is 5.32 Å². The zero-order valence-electron chi connectivity index (χ0n) is 14.2. The molecule has 3 rings (SSSR count). The minimum Gasteiger partial charge on any atom is -0.507 e. The fourth-order valence-electron chi connectivity index (χ4n) is 3.04. The average Bonchev–Trinajstić information content (AvgIpc) is 3.15. The number of aromatic carboxylic acids is 1. The van der Waals surface area contributed by atoms with Gasteiger partial charge in [-0.25, -0.2) is 4.79 Å². The Labute approximate surface area is 154 Å². The summed E-state index contributed by atoms with van der Waals surface area (Å²) in [7, 11) is 0. The number of benzene rings is 2. The fourth-order valence-corrected chi connectivity index (χ4v) is 3.04. The van der Waals surface area contributed by atoms with E-state index in [1.807, 2.05) is 4.90 Å². The average molecular weight is 371 g/mol. The molecule has 0 aromatic heterocycles. The minimum absolute atomic E-state index is 0.146. The highest BCUT2D eigenvalue weighted by Crippen LogP contribution is 2.30. The summed E-state index contributed by atoms with van der Waals surface area (Å²) in [4.78, 5) is 36.2. The number of carbonyl (C=O) groups is 2. The number of amides is 1. The lowest BCUT2D eigenvalue weighted by molar-refractivity contribution is -0.384. The van der Waals surface area contributed by atoms with Crippen LogP contribution in [0.4, 0.5) is 17.1 Å². The molecule has 9 nitrogen and oxygen atoms in total. The molecule has 0 spiro atoms. The minimum atomic E-state index is -1.29. The molecule has 0 radical (unpaired) electrons. The Balaban J connectivity index is 1.93. The van der Waals surface area contributed by atoms with Crippen LogP contribution < -0.4 is 10.2 Å². The number of nitrogens with one attached hydrogen (secondary N) is 1. The van der Waals surface area contributed by atoms with Gasteiger partial charge >= 0.3 is 5.97 Å². The summed E-state index contributed by atoms with van der Waals surface area (Å²) >= 11 is 0. The number of nitro groups is 1. The SMILES string of the molecule is O=C(O)c1ccc(NC(=O)c2cc([N+](=O)[O-])ccc2N2CCCC2)cc1O. The van der Waals surface area contributed by atoms with Gasteiger partial charge in [0.05, 0.1) is 16.2 Å². The molecule has 0 unspecified atom stereocenters. The highest BCUT2D eigenvalue weighted by Gasteiger charge is 2.23. The zero-order valence-corrected chi connectivity index (χ0v) is 14.2. The molecule has 1 amide bonds. The van der Waals surface area contributed by atoms with Crippen LogP contribution in [0.5, 0.6) is 5.75 Å². The van der Waals surface area contributed by atoms with E-state index in [0.717, 1.165) is 32.0 Å². The standard InChI is InChI=1S/C18H17N3O6/c22-16-9-11(3-5-13(16)18(24)25)19-17(23)14-10-12(21(26)27)4-6-15(14)20-7-1-2-8-20/h3-6,9-10,22H,1-2,7-8H2,(H,19,23)(H,24,25). The molecule has 0 bridgehead atoms. The molecule has 0 atom stereocenters. The molecular formula is C18H17N3O6. The number of carboxylic acids is 1. The number of carbonyl (C=O) groups excluding carboxylic acids is 1. The van der Waals surface area contributed by atoms with Crippen molar-refractivity contribution < 1.29 is 24.7 Å². The van der Waals surface area contributed by atoms with Crippen molar-refractivity contribution in [3.63, 3.8) is 0 Å². The van der Waals surface area contributed by atoms with Gasteiger partial charge in [0.15, 0.2) is 0 Å². The molecule has 1 aliphatic rings. The molecule has 1 saturated heterocycles. The van der Waals surface area contributed by atoms with Crippen LogP contribution in [0.3, 0.4) is 0 Å². The van der Waals surface area contributed by atoms with Gasteiger partial charge in [-0.3, -0.25) is 14.9 Å². The number of hydrogen-bond acceptors (Lipinski definition) is 6. The lowest BCUT2D eigenvalue weighted by Gasteiger charge is -2.21. The lowest BCUT2D eigenvalue weighted by atomic mass is 10.1. The van der Waals surface area contributed by atoms with Crippen molar-refractivity contribution in [3.05, 3.63) is 57.6 Å². The third-order valence-corrected chi connectivity index (χ3v) is 4.37. The monoisotopic (exact) mass is 371 g/mol. The second-order valence-corrected chi connectivity index (χ2v) is 6.14. The Kier molecular flexibility index (Phi) is 4.93. The van der Waals surface area contributed by atoms with Gasteiger partial charge in [0, 0.05) is 37.0 Å². The van der Waals surface area contributed by atoms with Gasteiger partial charge < -0.3 is 20.4 Å². The van der Waals surface area contributed by atoms with Crippen LogP contribution in [0.2, 0.25) is 0 Å². The molecular weight excluding hydrogens is 354 g/mol. The van der Waals surface area contributed by atoms with Crippen molar-refractivity contribution in [2.45, 2.75) is 12.8 Å². The maximum Gasteiger partial charge on any atom is 0.339 e. The second kappa shape index (κ2) is 7.32. The number of phenols is 1. The van der Waals surface area contributed by atoms with Crippen LogP contribution >= 0.6 is 0 Å².